The van der Waals surface area contributed by atoms with Gasteiger partial charge in [0, 0.05) is 25.2 Å². The fraction of sp³-hybridized carbons (Fsp3) is 0.273. The number of hydrogen-bond acceptors (Lipinski definition) is 6. The maximum Gasteiger partial charge on any atom is 0.262 e. The van der Waals surface area contributed by atoms with Crippen molar-refractivity contribution in [2.75, 3.05) is 12.8 Å². The van der Waals surface area contributed by atoms with Crippen molar-refractivity contribution in [3.63, 3.8) is 0 Å². The summed E-state index contributed by atoms with van der Waals surface area (Å²) in [7, 11) is 1.96. The van der Waals surface area contributed by atoms with Gasteiger partial charge in [-0.2, -0.15) is 0 Å². The average Bonchev–Trinajstić information content (AvgIpc) is 2.92. The van der Waals surface area contributed by atoms with Crippen molar-refractivity contribution in [3.05, 3.63) is 64.7 Å². The molecule has 0 spiro atoms. The second-order valence-electron chi connectivity index (χ2n) is 7.74. The molecular weight excluding hydrogens is 384 g/mol. The van der Waals surface area contributed by atoms with Crippen LogP contribution >= 0.6 is 0 Å². The Kier molecular flexibility index (Phi) is 5.09. The lowest BCUT2D eigenvalue weighted by Crippen LogP contribution is -2.54. The largest absolute Gasteiger partial charge is 0.399 e. The number of nitrogens with one attached hydrogen (secondary N) is 1. The molecule has 4 rings (SSSR count). The third kappa shape index (κ3) is 3.69. The van der Waals surface area contributed by atoms with Crippen molar-refractivity contribution >= 4 is 29.3 Å². The lowest BCUT2D eigenvalue weighted by atomic mass is 10.0. The van der Waals surface area contributed by atoms with E-state index in [4.69, 9.17) is 5.73 Å². The Bertz CT molecular complexity index is 1060. The normalized spacial score (nSPS) is 18.7. The first-order valence-corrected chi connectivity index (χ1v) is 9.71. The monoisotopic (exact) mass is 406 g/mol. The molecule has 154 valence electrons. The van der Waals surface area contributed by atoms with Crippen molar-refractivity contribution in [3.8, 4) is 0 Å². The van der Waals surface area contributed by atoms with Crippen molar-refractivity contribution < 1.29 is 19.2 Å². The summed E-state index contributed by atoms with van der Waals surface area (Å²) in [6.07, 6.45) is 0.246. The Hall–Kier alpha value is -3.52. The van der Waals surface area contributed by atoms with Crippen molar-refractivity contribution in [1.29, 1.82) is 0 Å². The van der Waals surface area contributed by atoms with Crippen LogP contribution in [0.15, 0.2) is 42.5 Å². The van der Waals surface area contributed by atoms with Crippen LogP contribution in [-0.2, 0) is 22.7 Å². The third-order valence-electron chi connectivity index (χ3n) is 5.36. The minimum atomic E-state index is -0.954. The number of nitrogens with zero attached hydrogens (tertiary/aromatic N) is 2. The zero-order chi connectivity index (χ0) is 21.4. The van der Waals surface area contributed by atoms with Crippen LogP contribution in [0.25, 0.3) is 0 Å². The van der Waals surface area contributed by atoms with Gasteiger partial charge in [0.1, 0.15) is 6.04 Å². The highest BCUT2D eigenvalue weighted by Gasteiger charge is 2.44. The van der Waals surface area contributed by atoms with Gasteiger partial charge in [0.15, 0.2) is 0 Å². The van der Waals surface area contributed by atoms with Crippen LogP contribution in [0.4, 0.5) is 5.69 Å². The SMILES string of the molecule is CN(Cc1cccc(N)c1)Cc1ccc2c(c1)C(=O)N(C1CCC(=O)NC1=O)C2=O. The van der Waals surface area contributed by atoms with Crippen LogP contribution in [-0.4, -0.2) is 46.5 Å². The second kappa shape index (κ2) is 7.72. The first-order valence-electron chi connectivity index (χ1n) is 9.71. The molecule has 0 bridgehead atoms. The summed E-state index contributed by atoms with van der Waals surface area (Å²) in [6, 6.07) is 11.8. The smallest absolute Gasteiger partial charge is 0.262 e. The van der Waals surface area contributed by atoms with E-state index in [1.807, 2.05) is 37.4 Å². The highest BCUT2D eigenvalue weighted by Crippen LogP contribution is 2.28. The number of nitrogens with two attached hydrogens (primary N) is 1. The van der Waals surface area contributed by atoms with E-state index in [0.29, 0.717) is 24.3 Å². The van der Waals surface area contributed by atoms with Gasteiger partial charge >= 0.3 is 0 Å². The number of amides is 4. The number of fused-ring (bicyclic) bond motifs is 1. The molecule has 0 aromatic heterocycles. The number of nitrogen functional groups attached to an aromatic ring is 1. The zero-order valence-electron chi connectivity index (χ0n) is 16.6. The zero-order valence-corrected chi connectivity index (χ0v) is 16.6. The molecule has 1 fully saturated rings. The molecule has 1 unspecified atom stereocenters. The Balaban J connectivity index is 1.50. The first kappa shape index (κ1) is 19.8. The first-order chi connectivity index (χ1) is 14.3. The van der Waals surface area contributed by atoms with Crippen molar-refractivity contribution in [2.45, 2.75) is 32.0 Å². The van der Waals surface area contributed by atoms with Crippen LogP contribution in [0.3, 0.4) is 0 Å². The van der Waals surface area contributed by atoms with E-state index in [9.17, 15) is 19.2 Å². The van der Waals surface area contributed by atoms with E-state index in [1.54, 1.807) is 12.1 Å². The molecule has 2 aromatic rings. The van der Waals surface area contributed by atoms with Crippen LogP contribution in [0.5, 0.6) is 0 Å². The van der Waals surface area contributed by atoms with E-state index in [2.05, 4.69) is 10.2 Å². The number of hydrogen-bond donors (Lipinski definition) is 2. The molecule has 0 aliphatic carbocycles. The predicted molar refractivity (Wildman–Crippen MR) is 109 cm³/mol. The molecule has 2 aromatic carbocycles. The molecule has 30 heavy (non-hydrogen) atoms. The van der Waals surface area contributed by atoms with Crippen LogP contribution in [0, 0.1) is 0 Å². The molecule has 8 heteroatoms. The van der Waals surface area contributed by atoms with Gasteiger partial charge in [-0.05, 0) is 48.9 Å². The molecule has 1 saturated heterocycles. The third-order valence-corrected chi connectivity index (χ3v) is 5.36. The summed E-state index contributed by atoms with van der Waals surface area (Å²) >= 11 is 0. The van der Waals surface area contributed by atoms with E-state index in [1.165, 1.54) is 0 Å². The number of benzene rings is 2. The predicted octanol–water partition coefficient (Wildman–Crippen LogP) is 1.30. The van der Waals surface area contributed by atoms with Gasteiger partial charge in [0.2, 0.25) is 11.8 Å². The number of imide groups is 2. The minimum Gasteiger partial charge on any atom is -0.399 e. The van der Waals surface area contributed by atoms with Gasteiger partial charge in [0.05, 0.1) is 11.1 Å². The number of rotatable bonds is 5. The fourth-order valence-corrected chi connectivity index (χ4v) is 3.99. The highest BCUT2D eigenvalue weighted by atomic mass is 16.2. The summed E-state index contributed by atoms with van der Waals surface area (Å²) < 4.78 is 0. The lowest BCUT2D eigenvalue weighted by molar-refractivity contribution is -0.136. The maximum atomic E-state index is 12.9. The molecule has 1 atom stereocenters. The van der Waals surface area contributed by atoms with Gasteiger partial charge < -0.3 is 5.73 Å². The van der Waals surface area contributed by atoms with E-state index in [0.717, 1.165) is 16.0 Å². The Morgan fingerprint density at radius 1 is 1.00 bits per heavy atom. The van der Waals surface area contributed by atoms with Gasteiger partial charge in [-0.15, -0.1) is 0 Å². The minimum absolute atomic E-state index is 0.101. The highest BCUT2D eigenvalue weighted by molar-refractivity contribution is 6.23. The molecule has 0 saturated carbocycles. The summed E-state index contributed by atoms with van der Waals surface area (Å²) in [4.78, 5) is 52.3. The topological polar surface area (TPSA) is 113 Å². The number of anilines is 1. The molecule has 2 aliphatic rings. The summed E-state index contributed by atoms with van der Waals surface area (Å²) in [5.74, 6) is -1.99. The lowest BCUT2D eigenvalue weighted by Gasteiger charge is -2.27. The Morgan fingerprint density at radius 3 is 2.40 bits per heavy atom. The molecule has 3 N–H and O–H groups in total. The summed E-state index contributed by atoms with van der Waals surface area (Å²) in [5, 5.41) is 2.20. The Labute approximate surface area is 173 Å². The van der Waals surface area contributed by atoms with Gasteiger partial charge in [-0.25, -0.2) is 0 Å². The average molecular weight is 406 g/mol. The fourth-order valence-electron chi connectivity index (χ4n) is 3.99. The van der Waals surface area contributed by atoms with Crippen LogP contribution in [0.2, 0.25) is 0 Å². The standard InChI is InChI=1S/C22H22N4O4/c1-25(11-13-3-2-4-15(23)9-13)12-14-5-6-16-17(10-14)22(30)26(21(16)29)18-7-8-19(27)24-20(18)28/h2-6,9-10,18H,7-8,11-12,23H2,1H3,(H,24,27,28). The van der Waals surface area contributed by atoms with Crippen LogP contribution < -0.4 is 11.1 Å². The Morgan fingerprint density at radius 2 is 1.70 bits per heavy atom. The van der Waals surface area contributed by atoms with Gasteiger partial charge in [0.25, 0.3) is 11.8 Å². The molecule has 2 heterocycles. The number of carbonyl (C=O) groups excluding carboxylic acids is 4. The van der Waals surface area contributed by atoms with E-state index < -0.39 is 29.7 Å². The maximum absolute atomic E-state index is 12.9. The summed E-state index contributed by atoms with van der Waals surface area (Å²) in [6.45, 7) is 1.25. The molecule has 2 aliphatic heterocycles. The molecule has 8 nitrogen and oxygen atoms in total. The molecular formula is C22H22N4O4. The van der Waals surface area contributed by atoms with Gasteiger partial charge in [-0.3, -0.25) is 34.3 Å². The van der Waals surface area contributed by atoms with Crippen molar-refractivity contribution in [1.82, 2.24) is 15.1 Å². The van der Waals surface area contributed by atoms with Crippen molar-refractivity contribution in [2.24, 2.45) is 0 Å². The quantitative estimate of drug-likeness (QED) is 0.572. The summed E-state index contributed by atoms with van der Waals surface area (Å²) in [5.41, 5.74) is 9.07. The van der Waals surface area contributed by atoms with E-state index >= 15 is 0 Å². The molecule has 0 radical (unpaired) electrons. The van der Waals surface area contributed by atoms with Crippen LogP contribution in [0.1, 0.15) is 44.7 Å². The number of piperidine rings is 1. The van der Waals surface area contributed by atoms with E-state index in [-0.39, 0.29) is 18.4 Å². The molecule has 4 amide bonds. The van der Waals surface area contributed by atoms with Gasteiger partial charge in [-0.1, -0.05) is 18.2 Å². The number of carbonyl (C=O) groups is 4. The second-order valence-corrected chi connectivity index (χ2v) is 7.74.